The molecule has 0 aromatic heterocycles. The van der Waals surface area contributed by atoms with Crippen LogP contribution in [0.15, 0.2) is 36.4 Å². The zero-order valence-electron chi connectivity index (χ0n) is 14.3. The van der Waals surface area contributed by atoms with E-state index in [4.69, 9.17) is 21.1 Å². The van der Waals surface area contributed by atoms with Crippen molar-refractivity contribution in [2.24, 2.45) is 0 Å². The summed E-state index contributed by atoms with van der Waals surface area (Å²) in [5, 5.41) is 3.44. The Morgan fingerprint density at radius 3 is 2.76 bits per heavy atom. The van der Waals surface area contributed by atoms with Gasteiger partial charge in [-0.3, -0.25) is 4.79 Å². The van der Waals surface area contributed by atoms with Gasteiger partial charge in [-0.05, 0) is 37.6 Å². The topological polar surface area (TPSA) is 47.6 Å². The lowest BCUT2D eigenvalue weighted by atomic mass is 10.0. The van der Waals surface area contributed by atoms with Gasteiger partial charge in [0.15, 0.2) is 11.5 Å². The lowest BCUT2D eigenvalue weighted by Crippen LogP contribution is -2.04. The number of ether oxygens (including phenoxy) is 2. The van der Waals surface area contributed by atoms with Crippen LogP contribution in [0.3, 0.4) is 0 Å². The third-order valence-electron chi connectivity index (χ3n) is 3.82. The molecule has 0 atom stereocenters. The Labute approximate surface area is 152 Å². The van der Waals surface area contributed by atoms with E-state index in [1.807, 2.05) is 44.2 Å². The number of fused-ring (bicyclic) bond motifs is 1. The Bertz CT molecular complexity index is 830. The Morgan fingerprint density at radius 2 is 2.00 bits per heavy atom. The van der Waals surface area contributed by atoms with E-state index in [2.05, 4.69) is 5.32 Å². The number of amides is 1. The van der Waals surface area contributed by atoms with E-state index in [1.165, 1.54) is 0 Å². The Hall–Kier alpha value is -2.46. The van der Waals surface area contributed by atoms with Crippen molar-refractivity contribution >= 4 is 34.8 Å². The van der Waals surface area contributed by atoms with Crippen molar-refractivity contribution in [3.8, 4) is 11.5 Å². The van der Waals surface area contributed by atoms with Crippen molar-refractivity contribution in [2.45, 2.75) is 20.3 Å². The maximum Gasteiger partial charge on any atom is 0.256 e. The molecule has 1 aliphatic rings. The van der Waals surface area contributed by atoms with Crippen LogP contribution in [-0.4, -0.2) is 19.1 Å². The van der Waals surface area contributed by atoms with Gasteiger partial charge in [-0.25, -0.2) is 0 Å². The fraction of sp³-hybridized carbons (Fsp3) is 0.250. The summed E-state index contributed by atoms with van der Waals surface area (Å²) in [5.74, 6) is 1.19. The fourth-order valence-electron chi connectivity index (χ4n) is 2.74. The van der Waals surface area contributed by atoms with Gasteiger partial charge >= 0.3 is 0 Å². The van der Waals surface area contributed by atoms with Gasteiger partial charge in [0.05, 0.1) is 18.9 Å². The fourth-order valence-corrected chi connectivity index (χ4v) is 2.91. The van der Waals surface area contributed by atoms with Crippen molar-refractivity contribution in [1.82, 2.24) is 0 Å². The van der Waals surface area contributed by atoms with Crippen molar-refractivity contribution < 1.29 is 14.3 Å². The minimum absolute atomic E-state index is 0.152. The first-order chi connectivity index (χ1) is 12.1. The predicted octanol–water partition coefficient (Wildman–Crippen LogP) is 5.02. The van der Waals surface area contributed by atoms with Gasteiger partial charge in [-0.15, -0.1) is 0 Å². The first-order valence-electron chi connectivity index (χ1n) is 8.35. The number of hydrogen-bond acceptors (Lipinski definition) is 3. The number of benzene rings is 2. The van der Waals surface area contributed by atoms with Crippen molar-refractivity contribution in [1.29, 1.82) is 0 Å². The van der Waals surface area contributed by atoms with Crippen LogP contribution in [0.5, 0.6) is 11.5 Å². The van der Waals surface area contributed by atoms with E-state index < -0.39 is 0 Å². The molecule has 25 heavy (non-hydrogen) atoms. The quantitative estimate of drug-likeness (QED) is 0.738. The van der Waals surface area contributed by atoms with Crippen LogP contribution in [0.4, 0.5) is 5.69 Å². The van der Waals surface area contributed by atoms with Gasteiger partial charge in [0.25, 0.3) is 5.91 Å². The molecular formula is C20H20ClNO3. The van der Waals surface area contributed by atoms with Crippen LogP contribution in [0.25, 0.3) is 11.6 Å². The highest BCUT2D eigenvalue weighted by atomic mass is 35.5. The van der Waals surface area contributed by atoms with Crippen LogP contribution >= 0.6 is 11.6 Å². The maximum atomic E-state index is 12.4. The number of carbonyl (C=O) groups excluding carboxylic acids is 1. The van der Waals surface area contributed by atoms with E-state index >= 15 is 0 Å². The molecule has 0 radical (unpaired) electrons. The third kappa shape index (κ3) is 3.64. The predicted molar refractivity (Wildman–Crippen MR) is 101 cm³/mol. The van der Waals surface area contributed by atoms with Crippen molar-refractivity contribution in [3.63, 3.8) is 0 Å². The summed E-state index contributed by atoms with van der Waals surface area (Å²) in [6, 6.07) is 11.1. The van der Waals surface area contributed by atoms with Gasteiger partial charge in [-0.1, -0.05) is 36.7 Å². The molecule has 1 N–H and O–H groups in total. The summed E-state index contributed by atoms with van der Waals surface area (Å²) in [7, 11) is 0. The standard InChI is InChI=1S/C20H20ClNO3/c1-3-10-25-19-13(6-5-7-18(19)24-4-2)11-16-15-9-8-14(21)12-17(15)22-20(16)23/h5-9,11-12H,3-4,10H2,1-2H3,(H,22,23)/b16-11-. The number of para-hydroxylation sites is 1. The molecule has 0 saturated heterocycles. The van der Waals surface area contributed by atoms with Crippen LogP contribution < -0.4 is 14.8 Å². The molecule has 0 unspecified atom stereocenters. The molecule has 5 heteroatoms. The Balaban J connectivity index is 2.06. The summed E-state index contributed by atoms with van der Waals surface area (Å²) in [6.07, 6.45) is 2.72. The highest BCUT2D eigenvalue weighted by Gasteiger charge is 2.25. The largest absolute Gasteiger partial charge is 0.490 e. The van der Waals surface area contributed by atoms with Crippen LogP contribution in [0, 0.1) is 0 Å². The summed E-state index contributed by atoms with van der Waals surface area (Å²) in [6.45, 7) is 5.11. The van der Waals surface area contributed by atoms with E-state index in [0.29, 0.717) is 35.3 Å². The lowest BCUT2D eigenvalue weighted by molar-refractivity contribution is -0.110. The average molecular weight is 358 g/mol. The van der Waals surface area contributed by atoms with Gasteiger partial charge in [0.1, 0.15) is 0 Å². The van der Waals surface area contributed by atoms with E-state index in [9.17, 15) is 4.79 Å². The molecular weight excluding hydrogens is 338 g/mol. The summed E-state index contributed by atoms with van der Waals surface area (Å²) < 4.78 is 11.6. The molecule has 130 valence electrons. The molecule has 0 spiro atoms. The summed E-state index contributed by atoms with van der Waals surface area (Å²) in [4.78, 5) is 12.4. The molecule has 0 fully saturated rings. The zero-order chi connectivity index (χ0) is 17.8. The van der Waals surface area contributed by atoms with Crippen LogP contribution in [0.1, 0.15) is 31.4 Å². The minimum atomic E-state index is -0.152. The first-order valence-corrected chi connectivity index (χ1v) is 8.73. The smallest absolute Gasteiger partial charge is 0.256 e. The van der Waals surface area contributed by atoms with Gasteiger partial charge in [-0.2, -0.15) is 0 Å². The van der Waals surface area contributed by atoms with Gasteiger partial charge in [0.2, 0.25) is 0 Å². The highest BCUT2D eigenvalue weighted by Crippen LogP contribution is 2.38. The Morgan fingerprint density at radius 1 is 1.16 bits per heavy atom. The second-order valence-electron chi connectivity index (χ2n) is 5.66. The second kappa shape index (κ2) is 7.62. The number of carbonyl (C=O) groups is 1. The average Bonchev–Trinajstić information content (AvgIpc) is 2.89. The molecule has 2 aromatic carbocycles. The normalized spacial score (nSPS) is 14.4. The van der Waals surface area contributed by atoms with Gasteiger partial charge in [0, 0.05) is 21.7 Å². The third-order valence-corrected chi connectivity index (χ3v) is 4.06. The number of hydrogen-bond donors (Lipinski definition) is 1. The van der Waals surface area contributed by atoms with E-state index in [-0.39, 0.29) is 5.91 Å². The molecule has 2 aromatic rings. The van der Waals surface area contributed by atoms with E-state index in [0.717, 1.165) is 23.2 Å². The van der Waals surface area contributed by atoms with Crippen LogP contribution in [-0.2, 0) is 4.79 Å². The summed E-state index contributed by atoms with van der Waals surface area (Å²) >= 11 is 6.01. The molecule has 0 aliphatic carbocycles. The molecule has 1 aliphatic heterocycles. The van der Waals surface area contributed by atoms with Crippen molar-refractivity contribution in [3.05, 3.63) is 52.5 Å². The molecule has 1 amide bonds. The highest BCUT2D eigenvalue weighted by molar-refractivity contribution is 6.36. The molecule has 1 heterocycles. The van der Waals surface area contributed by atoms with E-state index in [1.54, 1.807) is 12.1 Å². The number of anilines is 1. The summed E-state index contributed by atoms with van der Waals surface area (Å²) in [5.41, 5.74) is 2.95. The van der Waals surface area contributed by atoms with Gasteiger partial charge < -0.3 is 14.8 Å². The monoisotopic (exact) mass is 357 g/mol. The van der Waals surface area contributed by atoms with Crippen LogP contribution in [0.2, 0.25) is 5.02 Å². The Kier molecular flexibility index (Phi) is 5.29. The first kappa shape index (κ1) is 17.4. The number of halogens is 1. The maximum absolute atomic E-state index is 12.4. The molecule has 3 rings (SSSR count). The molecule has 0 saturated carbocycles. The molecule has 4 nitrogen and oxygen atoms in total. The number of nitrogens with one attached hydrogen (secondary N) is 1. The SMILES string of the molecule is CCCOc1c(/C=C2\C(=O)Nc3cc(Cl)ccc32)cccc1OCC. The lowest BCUT2D eigenvalue weighted by Gasteiger charge is -2.14. The minimum Gasteiger partial charge on any atom is -0.490 e. The van der Waals surface area contributed by atoms with Crippen molar-refractivity contribution in [2.75, 3.05) is 18.5 Å². The zero-order valence-corrected chi connectivity index (χ0v) is 15.0. The molecule has 0 bridgehead atoms. The second-order valence-corrected chi connectivity index (χ2v) is 6.09. The number of rotatable bonds is 6.